The van der Waals surface area contributed by atoms with Crippen molar-refractivity contribution in [2.75, 3.05) is 109 Å². The SMILES string of the molecule is [2H]C([2H])([2H])Oc1cc2c(cc1OC)C1([2H])CC(OC(=O)[C@@]([2H])(N)C([2H])(C([2H])([2H])[2H])C([2H])([2H])[2H])C(C([2H])([2H])C([2H])(C)C([2H])([2H])[2H])CN1C([2H])([2H])C2([2H])[2H].[2H]C([2H])([2H])Oc1cc2c(cc1OC)C1CC([2H])(OC(=O)[C@@]([2H])(N)C([2H])(C([2H])([2H])[2H])C([2H])([2H])[2H])C(C([2H])([2H])C([2H])(C)C([2H])([2H])[2H])CN1C([2H])([2H])C2([2H])[2H].[2H]C12CC(OC(=O)[C@@]([2H])(N)C([2H])(C([2H])([2H])[2H])C([2H])([2H])[2H])C(C([2H])([2H])C([2H])(C)C([2H])([2H])[2H])CN1C([2H])([2H])C([2H])([2H])c1cc(OC)c(OC)cc12.[2H]C12CC(OC(=O)[C@@]([2H])(N)C([2H])(C([2H])([2H])[2H])C([2H])([2H])[2H])C(C([2H])([2H])C([2H])(C)C([2H])([2H])[2H])CN1C([2H])([2H])C([2H])([2H])c1cc(OC)c(OC)cc12. The van der Waals surface area contributed by atoms with E-state index in [-0.39, 0.29) is 45.4 Å². The van der Waals surface area contributed by atoms with Crippen molar-refractivity contribution in [3.8, 4) is 46.0 Å². The first-order chi connectivity index (χ1) is 88.6. The van der Waals surface area contributed by atoms with Gasteiger partial charge in [0.25, 0.3) is 0 Å². The highest BCUT2D eigenvalue weighted by Crippen LogP contribution is 2.50. The van der Waals surface area contributed by atoms with E-state index >= 15 is 0 Å². The molecule has 4 aromatic rings. The van der Waals surface area contributed by atoms with Crippen molar-refractivity contribution in [1.29, 1.82) is 0 Å². The first kappa shape index (κ1) is 34.3. The van der Waals surface area contributed by atoms with Crippen LogP contribution in [0.5, 0.6) is 46.0 Å². The van der Waals surface area contributed by atoms with Gasteiger partial charge in [-0.15, -0.1) is 0 Å². The number of ether oxygens (including phenoxy) is 12. The second-order valence-electron chi connectivity index (χ2n) is 27.2. The van der Waals surface area contributed by atoms with Crippen molar-refractivity contribution in [2.45, 2.75) is 259 Å². The van der Waals surface area contributed by atoms with Crippen molar-refractivity contribution in [3.05, 3.63) is 93.0 Å². The molecule has 20 atom stereocenters. The van der Waals surface area contributed by atoms with Gasteiger partial charge in [0.1, 0.15) is 48.5 Å². The summed E-state index contributed by atoms with van der Waals surface area (Å²) in [6.45, 7) is -60.2. The molecule has 8 heterocycles. The Bertz CT molecular complexity index is 7510. The highest BCUT2D eigenvalue weighted by atomic mass is 16.6. The number of carbonyl (C=O) groups is 4. The van der Waals surface area contributed by atoms with Crippen LogP contribution in [0.4, 0.5) is 0 Å². The summed E-state index contributed by atoms with van der Waals surface area (Å²) < 4.78 is 738. The maximum Gasteiger partial charge on any atom is 0.323 e. The lowest BCUT2D eigenvalue weighted by molar-refractivity contribution is -0.161. The minimum absolute atomic E-state index is 0.0558. The number of methoxy groups -OCH3 is 8. The Morgan fingerprint density at radius 3 is 0.925 bits per heavy atom. The molecule has 4 saturated heterocycles. The van der Waals surface area contributed by atoms with Gasteiger partial charge in [-0.05, 0) is 191 Å². The number of hydrogen-bond donors (Lipinski definition) is 4. The maximum absolute atomic E-state index is 13.7. The number of carbonyl (C=O) groups excluding carboxylic acids is 4. The van der Waals surface area contributed by atoms with E-state index in [2.05, 4.69) is 0 Å². The van der Waals surface area contributed by atoms with Gasteiger partial charge in [0.2, 0.25) is 0 Å². The number of piperidine rings is 4. The van der Waals surface area contributed by atoms with Crippen LogP contribution in [-0.4, -0.2) is 201 Å². The summed E-state index contributed by atoms with van der Waals surface area (Å²) in [7, 11) is 0.773. The lowest BCUT2D eigenvalue weighted by atomic mass is 9.79. The van der Waals surface area contributed by atoms with Crippen LogP contribution >= 0.6 is 0 Å². The van der Waals surface area contributed by atoms with Crippen LogP contribution in [0.25, 0.3) is 0 Å². The Morgan fingerprint density at radius 2 is 0.633 bits per heavy atom. The van der Waals surface area contributed by atoms with Crippen molar-refractivity contribution < 1.29 is 188 Å². The summed E-state index contributed by atoms with van der Waals surface area (Å²) in [4.78, 5) is 57.0. The van der Waals surface area contributed by atoms with Gasteiger partial charge >= 0.3 is 23.9 Å². The first-order valence-corrected chi connectivity index (χ1v) is 36.1. The van der Waals surface area contributed by atoms with E-state index in [1.54, 1.807) is 0 Å². The topological polar surface area (TPSA) is 296 Å². The average Bonchev–Trinajstić information content (AvgIpc) is 0.679. The standard InChI is InChI=1S/4C24H38N2O4/c4*1-14(2)9-17-13-26-8-7-16-10-21(28-5)22(29-6)11-18(16)19(26)12-20(17)30-24(27)23(25)15(3)4/h4*10-11,14-15,17,19-20,23H,7-9,12-13,25H2,1-6H3/t4*17?,19?,20?,23-/m0000/s1/i1D3,3D3,4D3,5D3,7D2,8D2,9D2,14D,15D,20D,23D;1D3,3D3,4D3,5D3,7D2,8D2,9D2,14D,15D,19D,23D;2*1D3,3D3,4D3,7D2,8D2,9D2,14D,15D,19D,23D/t4*14?,17?,19?,20?,23-. The van der Waals surface area contributed by atoms with Crippen molar-refractivity contribution in [1.82, 2.24) is 19.6 Å². The minimum atomic E-state index is -4.14. The van der Waals surface area contributed by atoms with Crippen molar-refractivity contribution in [3.63, 3.8) is 0 Å². The third-order valence-corrected chi connectivity index (χ3v) is 19.2. The van der Waals surface area contributed by atoms with Crippen LogP contribution in [0.2, 0.25) is 0 Å². The Labute approximate surface area is 833 Å². The number of rotatable bonds is 28. The summed E-state index contributed by atoms with van der Waals surface area (Å²) in [5.41, 5.74) is 19.3. The van der Waals surface area contributed by atoms with E-state index in [0.717, 1.165) is 62.8 Å². The molecule has 0 aliphatic carbocycles. The van der Waals surface area contributed by atoms with E-state index in [0.29, 0.717) is 47.3 Å². The molecule has 0 radical (unpaired) electrons. The molecule has 120 heavy (non-hydrogen) atoms. The molecule has 672 valence electrons. The molecule has 0 aromatic heterocycles. The Kier molecular flexibility index (Phi) is 12.6. The molecule has 24 heteroatoms. The zero-order valence-electron chi connectivity index (χ0n) is 149. The number of fused-ring (bicyclic) bond motifs is 12. The molecule has 0 amide bonds. The molecular formula is C96H152N8O16. The van der Waals surface area contributed by atoms with Gasteiger partial charge in [0.05, 0.1) is 75.9 Å². The highest BCUT2D eigenvalue weighted by molar-refractivity contribution is 5.77. The molecule has 4 aromatic carbocycles. The predicted octanol–water partition coefficient (Wildman–Crippen LogP) is 14.3. The van der Waals surface area contributed by atoms with Gasteiger partial charge in [0.15, 0.2) is 46.0 Å². The third-order valence-electron chi connectivity index (χ3n) is 19.2. The molecule has 16 unspecified atom stereocenters. The Hall–Kier alpha value is -7.16. The van der Waals surface area contributed by atoms with E-state index in [1.807, 2.05) is 0 Å². The van der Waals surface area contributed by atoms with E-state index in [1.165, 1.54) is 28.4 Å². The molecule has 0 spiro atoms. The fourth-order valence-electron chi connectivity index (χ4n) is 13.6. The second kappa shape index (κ2) is 43.9. The van der Waals surface area contributed by atoms with Gasteiger partial charge in [-0.1, -0.05) is 110 Å². The monoisotopic (exact) mass is 1760 g/mol. The number of aryl methyl sites for hydroxylation is 4. The first-order valence-electron chi connectivity index (χ1n) is 77.1. The molecule has 0 bridgehead atoms. The summed E-state index contributed by atoms with van der Waals surface area (Å²) in [6.07, 6.45) is -40.1. The predicted molar refractivity (Wildman–Crippen MR) is 471 cm³/mol. The molecule has 8 aliphatic heterocycles. The molecule has 8 aliphatic rings. The van der Waals surface area contributed by atoms with Gasteiger partial charge in [-0.25, -0.2) is 0 Å². The van der Waals surface area contributed by atoms with Crippen LogP contribution in [0.15, 0.2) is 48.5 Å². The normalized spacial score (nSPS) is 46.1. The minimum Gasteiger partial charge on any atom is -0.493 e. The maximum atomic E-state index is 13.7. The van der Waals surface area contributed by atoms with Gasteiger partial charge in [-0.2, -0.15) is 0 Å². The van der Waals surface area contributed by atoms with E-state index in [9.17, 15) is 24.7 Å². The summed E-state index contributed by atoms with van der Waals surface area (Å²) >= 11 is 0. The fraction of sp³-hybridized carbons (Fsp3) is 0.708. The molecule has 4 fully saturated rings. The summed E-state index contributed by atoms with van der Waals surface area (Å²) in [5, 5.41) is 0. The number of nitrogens with two attached hydrogens (primary N) is 4. The largest absolute Gasteiger partial charge is 0.493 e. The summed E-state index contributed by atoms with van der Waals surface area (Å²) in [6, 6.07) is -17.4. The van der Waals surface area contributed by atoms with Crippen LogP contribution in [0.1, 0.15) is 342 Å². The van der Waals surface area contributed by atoms with Crippen LogP contribution in [-0.2, 0) is 63.6 Å². The van der Waals surface area contributed by atoms with E-state index < -0.39 is 437 Å². The summed E-state index contributed by atoms with van der Waals surface area (Å²) in [5.74, 6) is -48.9. The van der Waals surface area contributed by atoms with Crippen LogP contribution in [0.3, 0.4) is 0 Å². The van der Waals surface area contributed by atoms with Gasteiger partial charge < -0.3 is 79.8 Å². The molecule has 24 nitrogen and oxygen atoms in total. The Morgan fingerprint density at radius 1 is 0.375 bits per heavy atom. The second-order valence-corrected chi connectivity index (χ2v) is 27.2. The molecular weight excluding hydrogens is 1520 g/mol. The molecule has 12 rings (SSSR count). The van der Waals surface area contributed by atoms with Crippen LogP contribution in [0, 0.1) is 70.8 Å². The molecule has 8 N–H and O–H groups in total. The average molecular weight is 1760 g/mol. The number of esters is 4. The zero-order valence-corrected chi connectivity index (χ0v) is 66.5. The zero-order chi connectivity index (χ0) is 159. The third kappa shape index (κ3) is 23.8. The highest BCUT2D eigenvalue weighted by Gasteiger charge is 2.47. The number of nitrogens with zero attached hydrogens (tertiary/aromatic N) is 4. The number of hydrogen-bond acceptors (Lipinski definition) is 24. The van der Waals surface area contributed by atoms with Crippen molar-refractivity contribution in [2.24, 2.45) is 93.8 Å². The molecule has 0 saturated carbocycles. The Balaban J connectivity index is 0.000000291. The van der Waals surface area contributed by atoms with Crippen LogP contribution < -0.4 is 60.8 Å². The number of benzene rings is 4. The lowest BCUT2D eigenvalue weighted by Crippen LogP contribution is -2.51. The van der Waals surface area contributed by atoms with Gasteiger partial charge in [-0.3, -0.25) is 38.8 Å². The smallest absolute Gasteiger partial charge is 0.323 e. The quantitative estimate of drug-likeness (QED) is 0.0303. The van der Waals surface area contributed by atoms with E-state index in [4.69, 9.17) is 187 Å². The van der Waals surface area contributed by atoms with Gasteiger partial charge in [0, 0.05) is 219 Å². The lowest BCUT2D eigenvalue weighted by Gasteiger charge is -2.47. The van der Waals surface area contributed by atoms with Crippen molar-refractivity contribution >= 4 is 23.9 Å². The fourth-order valence-corrected chi connectivity index (χ4v) is 13.6.